The van der Waals surface area contributed by atoms with Crippen molar-refractivity contribution in [3.8, 4) is 5.75 Å². The molecule has 1 heterocycles. The lowest BCUT2D eigenvalue weighted by atomic mass is 9.87. The number of phenols is 1. The van der Waals surface area contributed by atoms with E-state index in [0.717, 1.165) is 0 Å². The molecule has 4 rings (SSSR count). The maximum Gasteiger partial charge on any atom is 0.333 e. The molecule has 153 valence electrons. The number of nitrogen functional groups attached to an aromatic ring is 1. The Morgan fingerprint density at radius 3 is 2.62 bits per heavy atom. The molecule has 2 aromatic rings. The van der Waals surface area contributed by atoms with Crippen LogP contribution in [0.1, 0.15) is 30.2 Å². The van der Waals surface area contributed by atoms with Gasteiger partial charge in [-0.05, 0) is 59.8 Å². The number of anilines is 1. The van der Waals surface area contributed by atoms with Crippen molar-refractivity contribution in [2.24, 2.45) is 0 Å². The fourth-order valence-corrected chi connectivity index (χ4v) is 5.75. The summed E-state index contributed by atoms with van der Waals surface area (Å²) in [7, 11) is -6.19. The topological polar surface area (TPSA) is 148 Å². The predicted octanol–water partition coefficient (Wildman–Crippen LogP) is -0.192. The third-order valence-electron chi connectivity index (χ3n) is 4.75. The van der Waals surface area contributed by atoms with Crippen molar-refractivity contribution in [2.75, 3.05) is 5.73 Å². The molecule has 9 nitrogen and oxygen atoms in total. The third-order valence-corrected chi connectivity index (χ3v) is 8.14. The molecule has 12 heteroatoms. The number of sulfonamides is 2. The van der Waals surface area contributed by atoms with Crippen LogP contribution in [0.4, 0.5) is 5.69 Å². The Labute approximate surface area is 169 Å². The summed E-state index contributed by atoms with van der Waals surface area (Å²) in [5.74, 6) is 0.0378. The van der Waals surface area contributed by atoms with Crippen LogP contribution >= 0.6 is 0 Å². The first kappa shape index (κ1) is 20.2. The summed E-state index contributed by atoms with van der Waals surface area (Å²) in [5.41, 5.74) is 7.44. The first-order valence-electron chi connectivity index (χ1n) is 8.86. The van der Waals surface area contributed by atoms with Gasteiger partial charge < -0.3 is 15.5 Å². The number of phenolic OH excluding ortho intramolecular Hbond substituents is 1. The van der Waals surface area contributed by atoms with Gasteiger partial charge in [-0.1, -0.05) is 6.07 Å². The van der Waals surface area contributed by atoms with Crippen LogP contribution in [0, 0.1) is 0 Å². The second-order valence-electron chi connectivity index (χ2n) is 7.00. The monoisotopic (exact) mass is 436 g/mol. The van der Waals surface area contributed by atoms with Crippen LogP contribution in [-0.2, 0) is 31.2 Å². The minimum Gasteiger partial charge on any atom is -0.508 e. The zero-order valence-electron chi connectivity index (χ0n) is 15.2. The minimum atomic E-state index is -4.06. The standard InChI is InChI=1S/C17H19BN3O6S2/c19-11-1-6-16(10(7-11)9-20-28(23,24)13-3-4-13)29(25,26)21-17-14-5-2-12(22)8-15(14)18-27-17/h1-2,5-8,13,17,20-22H,3-4,9,19H2. The molecule has 0 amide bonds. The molecule has 5 N–H and O–H groups in total. The first-order chi connectivity index (χ1) is 13.7. The molecule has 1 unspecified atom stereocenters. The summed E-state index contributed by atoms with van der Waals surface area (Å²) >= 11 is 0. The van der Waals surface area contributed by atoms with E-state index >= 15 is 0 Å². The summed E-state index contributed by atoms with van der Waals surface area (Å²) < 4.78 is 60.5. The van der Waals surface area contributed by atoms with Crippen molar-refractivity contribution in [1.29, 1.82) is 0 Å². The number of nitrogens with one attached hydrogen (secondary N) is 2. The number of rotatable bonds is 7. The van der Waals surface area contributed by atoms with Gasteiger partial charge in [0.05, 0.1) is 10.1 Å². The second kappa shape index (κ2) is 7.29. The largest absolute Gasteiger partial charge is 0.508 e. The number of aromatic hydroxyl groups is 1. The van der Waals surface area contributed by atoms with E-state index in [9.17, 15) is 21.9 Å². The Bertz CT molecular complexity index is 1170. The van der Waals surface area contributed by atoms with Crippen molar-refractivity contribution < 1.29 is 26.6 Å². The fraction of sp³-hybridized carbons (Fsp3) is 0.294. The Morgan fingerprint density at radius 2 is 1.90 bits per heavy atom. The van der Waals surface area contributed by atoms with Crippen molar-refractivity contribution in [3.63, 3.8) is 0 Å². The van der Waals surface area contributed by atoms with Gasteiger partial charge in [-0.15, -0.1) is 0 Å². The highest BCUT2D eigenvalue weighted by Crippen LogP contribution is 2.29. The van der Waals surface area contributed by atoms with E-state index in [4.69, 9.17) is 10.4 Å². The maximum atomic E-state index is 13.0. The van der Waals surface area contributed by atoms with Gasteiger partial charge >= 0.3 is 7.48 Å². The van der Waals surface area contributed by atoms with Crippen molar-refractivity contribution in [1.82, 2.24) is 9.44 Å². The number of benzene rings is 2. The quantitative estimate of drug-likeness (QED) is 0.347. The van der Waals surface area contributed by atoms with Gasteiger partial charge in [0.2, 0.25) is 20.0 Å². The lowest BCUT2D eigenvalue weighted by Gasteiger charge is -2.17. The first-order valence-corrected chi connectivity index (χ1v) is 11.9. The summed E-state index contributed by atoms with van der Waals surface area (Å²) in [5, 5.41) is 9.12. The van der Waals surface area contributed by atoms with Crippen LogP contribution in [0.15, 0.2) is 41.3 Å². The summed E-state index contributed by atoms with van der Waals surface area (Å²) in [6.07, 6.45) is 0.233. The molecule has 1 radical (unpaired) electrons. The van der Waals surface area contributed by atoms with E-state index < -0.39 is 31.5 Å². The van der Waals surface area contributed by atoms with E-state index in [-0.39, 0.29) is 22.8 Å². The second-order valence-corrected chi connectivity index (χ2v) is 10.7. The molecular weight excluding hydrogens is 417 g/mol. The van der Waals surface area contributed by atoms with E-state index in [1.54, 1.807) is 6.07 Å². The number of nitrogens with two attached hydrogens (primary N) is 1. The third kappa shape index (κ3) is 4.26. The van der Waals surface area contributed by atoms with Crippen LogP contribution in [0.2, 0.25) is 0 Å². The number of hydrogen-bond acceptors (Lipinski definition) is 7. The molecule has 2 aromatic carbocycles. The Kier molecular flexibility index (Phi) is 5.07. The highest BCUT2D eigenvalue weighted by atomic mass is 32.2. The molecule has 1 saturated carbocycles. The van der Waals surface area contributed by atoms with E-state index in [1.165, 1.54) is 37.8 Å². The van der Waals surface area contributed by atoms with E-state index in [1.807, 2.05) is 0 Å². The molecule has 1 aliphatic heterocycles. The SMILES string of the molecule is Nc1ccc(S(=O)(=O)NC2O[B]c3cc(O)ccc32)c(CNS(=O)(=O)C2CC2)c1. The van der Waals surface area contributed by atoms with Gasteiger partial charge in [0.15, 0.2) is 0 Å². The lowest BCUT2D eigenvalue weighted by molar-refractivity contribution is 0.221. The molecule has 0 bridgehead atoms. The summed E-state index contributed by atoms with van der Waals surface area (Å²) in [4.78, 5) is -0.0963. The molecule has 29 heavy (non-hydrogen) atoms. The minimum absolute atomic E-state index is 0.0378. The molecular formula is C17H19BN3O6S2. The molecule has 0 saturated heterocycles. The van der Waals surface area contributed by atoms with E-state index in [2.05, 4.69) is 9.44 Å². The van der Waals surface area contributed by atoms with Crippen LogP contribution in [0.3, 0.4) is 0 Å². The van der Waals surface area contributed by atoms with Gasteiger partial charge in [-0.3, -0.25) is 0 Å². The predicted molar refractivity (Wildman–Crippen MR) is 107 cm³/mol. The molecule has 0 spiro atoms. The van der Waals surface area contributed by atoms with Crippen LogP contribution in [-0.4, -0.2) is 34.7 Å². The number of fused-ring (bicyclic) bond motifs is 1. The zero-order valence-corrected chi connectivity index (χ0v) is 16.8. The van der Waals surface area contributed by atoms with Crippen molar-refractivity contribution in [3.05, 3.63) is 47.5 Å². The highest BCUT2D eigenvalue weighted by molar-refractivity contribution is 7.90. The normalized spacial score (nSPS) is 19.0. The van der Waals surface area contributed by atoms with Gasteiger partial charge in [-0.2, -0.15) is 4.72 Å². The highest BCUT2D eigenvalue weighted by Gasteiger charge is 2.36. The number of hydrogen-bond donors (Lipinski definition) is 4. The van der Waals surface area contributed by atoms with E-state index in [0.29, 0.717) is 29.6 Å². The fourth-order valence-electron chi connectivity index (χ4n) is 3.09. The molecule has 1 atom stereocenters. The Morgan fingerprint density at radius 1 is 1.14 bits per heavy atom. The van der Waals surface area contributed by atoms with Crippen molar-refractivity contribution in [2.45, 2.75) is 35.8 Å². The molecule has 1 aliphatic carbocycles. The lowest BCUT2D eigenvalue weighted by Crippen LogP contribution is -2.31. The van der Waals surface area contributed by atoms with Gasteiger partial charge in [-0.25, -0.2) is 21.6 Å². The Hall–Kier alpha value is -2.12. The van der Waals surface area contributed by atoms with Crippen LogP contribution in [0.25, 0.3) is 0 Å². The zero-order chi connectivity index (χ0) is 20.8. The Balaban J connectivity index is 1.59. The maximum absolute atomic E-state index is 13.0. The average Bonchev–Trinajstić information content (AvgIpc) is 3.44. The average molecular weight is 436 g/mol. The van der Waals surface area contributed by atoms with Gasteiger partial charge in [0.25, 0.3) is 0 Å². The van der Waals surface area contributed by atoms with Gasteiger partial charge in [0, 0.05) is 12.2 Å². The summed E-state index contributed by atoms with van der Waals surface area (Å²) in [6.45, 7) is -0.192. The molecule has 2 aliphatic rings. The van der Waals surface area contributed by atoms with Crippen LogP contribution < -0.4 is 20.6 Å². The summed E-state index contributed by atoms with van der Waals surface area (Å²) in [6, 6.07) is 8.65. The van der Waals surface area contributed by atoms with Gasteiger partial charge in [0.1, 0.15) is 12.0 Å². The molecule has 0 aromatic heterocycles. The van der Waals surface area contributed by atoms with Crippen LogP contribution in [0.5, 0.6) is 5.75 Å². The molecule has 1 fully saturated rings. The smallest absolute Gasteiger partial charge is 0.333 e. The van der Waals surface area contributed by atoms with Crippen molar-refractivity contribution >= 4 is 38.7 Å².